The second-order valence-electron chi connectivity index (χ2n) is 7.02. The van der Waals surface area contributed by atoms with Crippen LogP contribution in [0.5, 0.6) is 0 Å². The van der Waals surface area contributed by atoms with Crippen LogP contribution in [0.15, 0.2) is 0 Å². The summed E-state index contributed by atoms with van der Waals surface area (Å²) in [5.41, 5.74) is 0. The first-order chi connectivity index (χ1) is 10.7. The topological polar surface area (TPSA) is 73.5 Å². The molecule has 6 nitrogen and oxygen atoms in total. The van der Waals surface area contributed by atoms with Gasteiger partial charge in [-0.2, -0.15) is 0 Å². The summed E-state index contributed by atoms with van der Waals surface area (Å²) in [4.78, 5) is 26.1. The average Bonchev–Trinajstić information content (AvgIpc) is 2.82. The van der Waals surface area contributed by atoms with E-state index in [0.29, 0.717) is 18.6 Å². The second kappa shape index (κ2) is 7.42. The van der Waals surface area contributed by atoms with Crippen LogP contribution in [-0.4, -0.2) is 54.6 Å². The highest BCUT2D eigenvalue weighted by Crippen LogP contribution is 2.20. The van der Waals surface area contributed by atoms with Crippen LogP contribution in [0.4, 0.5) is 4.79 Å². The molecule has 3 N–H and O–H groups in total. The van der Waals surface area contributed by atoms with Crippen LogP contribution >= 0.6 is 0 Å². The summed E-state index contributed by atoms with van der Waals surface area (Å²) in [6, 6.07) is 1.04. The normalized spacial score (nSPS) is 29.8. The van der Waals surface area contributed by atoms with E-state index in [-0.39, 0.29) is 18.0 Å². The summed E-state index contributed by atoms with van der Waals surface area (Å²) in [6.45, 7) is 2.17. The van der Waals surface area contributed by atoms with Crippen LogP contribution in [0.3, 0.4) is 0 Å². The molecule has 0 aromatic rings. The van der Waals surface area contributed by atoms with Crippen molar-refractivity contribution in [2.75, 3.05) is 19.6 Å². The van der Waals surface area contributed by atoms with Crippen molar-refractivity contribution in [2.45, 2.75) is 69.5 Å². The van der Waals surface area contributed by atoms with Crippen LogP contribution in [0.2, 0.25) is 0 Å². The standard InChI is InChI=1S/C16H28N4O2/c21-15(19-16(22)18-12-4-2-1-3-5-12)11-20-9-8-13-6-7-14(10-20)17-13/h12-14,17H,1-11H2,(H2,18,19,21,22). The van der Waals surface area contributed by atoms with Gasteiger partial charge in [0, 0.05) is 31.2 Å². The maximum absolute atomic E-state index is 12.0. The molecule has 2 heterocycles. The SMILES string of the molecule is O=C(CN1CCC2CCC(C1)N2)NC(=O)NC1CCCCC1. The predicted octanol–water partition coefficient (Wildman–Crippen LogP) is 0.971. The molecule has 2 saturated heterocycles. The molecular formula is C16H28N4O2. The van der Waals surface area contributed by atoms with Gasteiger partial charge in [-0.25, -0.2) is 4.79 Å². The van der Waals surface area contributed by atoms with E-state index in [1.165, 1.54) is 32.1 Å². The fraction of sp³-hybridized carbons (Fsp3) is 0.875. The highest BCUT2D eigenvalue weighted by molar-refractivity contribution is 5.95. The Labute approximate surface area is 132 Å². The molecule has 0 spiro atoms. The number of urea groups is 1. The van der Waals surface area contributed by atoms with Gasteiger partial charge in [0.05, 0.1) is 6.54 Å². The number of hydrogen-bond acceptors (Lipinski definition) is 4. The molecule has 22 heavy (non-hydrogen) atoms. The number of fused-ring (bicyclic) bond motifs is 2. The number of likely N-dealkylation sites (tertiary alicyclic amines) is 1. The smallest absolute Gasteiger partial charge is 0.321 e. The molecule has 6 heteroatoms. The van der Waals surface area contributed by atoms with Crippen LogP contribution in [0.1, 0.15) is 51.4 Å². The Hall–Kier alpha value is -1.14. The first-order valence-corrected chi connectivity index (χ1v) is 8.78. The van der Waals surface area contributed by atoms with Gasteiger partial charge in [0.25, 0.3) is 0 Å². The Morgan fingerprint density at radius 1 is 1.00 bits per heavy atom. The van der Waals surface area contributed by atoms with Crippen LogP contribution in [-0.2, 0) is 4.79 Å². The molecule has 0 aromatic heterocycles. The Balaban J connectivity index is 1.39. The van der Waals surface area contributed by atoms with Crippen LogP contribution in [0, 0.1) is 0 Å². The van der Waals surface area contributed by atoms with Crippen molar-refractivity contribution in [3.8, 4) is 0 Å². The second-order valence-corrected chi connectivity index (χ2v) is 7.02. The molecule has 0 aromatic carbocycles. The third kappa shape index (κ3) is 4.43. The van der Waals surface area contributed by atoms with Gasteiger partial charge in [-0.3, -0.25) is 15.0 Å². The van der Waals surface area contributed by atoms with E-state index < -0.39 is 0 Å². The van der Waals surface area contributed by atoms with E-state index in [0.717, 1.165) is 32.4 Å². The molecule has 3 aliphatic rings. The largest absolute Gasteiger partial charge is 0.335 e. The van der Waals surface area contributed by atoms with E-state index in [1.54, 1.807) is 0 Å². The fourth-order valence-electron chi connectivity index (χ4n) is 4.00. The molecule has 3 amide bonds. The van der Waals surface area contributed by atoms with Crippen LogP contribution < -0.4 is 16.0 Å². The fourth-order valence-corrected chi connectivity index (χ4v) is 4.00. The van der Waals surface area contributed by atoms with E-state index in [1.807, 2.05) is 0 Å². The van der Waals surface area contributed by atoms with Crippen molar-refractivity contribution in [1.29, 1.82) is 0 Å². The summed E-state index contributed by atoms with van der Waals surface area (Å²) in [5.74, 6) is -0.189. The minimum Gasteiger partial charge on any atom is -0.335 e. The minimum atomic E-state index is -0.327. The lowest BCUT2D eigenvalue weighted by atomic mass is 9.96. The monoisotopic (exact) mass is 308 g/mol. The number of rotatable bonds is 3. The molecule has 3 rings (SSSR count). The first-order valence-electron chi connectivity index (χ1n) is 8.78. The molecular weight excluding hydrogens is 280 g/mol. The summed E-state index contributed by atoms with van der Waals surface area (Å²) >= 11 is 0. The number of amides is 3. The molecule has 2 aliphatic heterocycles. The summed E-state index contributed by atoms with van der Waals surface area (Å²) in [5, 5.41) is 9.01. The third-order valence-electron chi connectivity index (χ3n) is 5.17. The highest BCUT2D eigenvalue weighted by Gasteiger charge is 2.30. The molecule has 2 atom stereocenters. The van der Waals surface area contributed by atoms with Crippen molar-refractivity contribution in [2.24, 2.45) is 0 Å². The minimum absolute atomic E-state index is 0.189. The number of carbonyl (C=O) groups is 2. The maximum Gasteiger partial charge on any atom is 0.321 e. The van der Waals surface area contributed by atoms with Crippen molar-refractivity contribution in [3.63, 3.8) is 0 Å². The Morgan fingerprint density at radius 2 is 1.77 bits per heavy atom. The molecule has 124 valence electrons. The van der Waals surface area contributed by atoms with Gasteiger partial charge in [-0.1, -0.05) is 19.3 Å². The zero-order valence-corrected chi connectivity index (χ0v) is 13.3. The maximum atomic E-state index is 12.0. The van der Waals surface area contributed by atoms with E-state index in [2.05, 4.69) is 20.9 Å². The molecule has 2 unspecified atom stereocenters. The number of carbonyl (C=O) groups excluding carboxylic acids is 2. The average molecular weight is 308 g/mol. The molecule has 0 radical (unpaired) electrons. The highest BCUT2D eigenvalue weighted by atomic mass is 16.2. The van der Waals surface area contributed by atoms with Gasteiger partial charge >= 0.3 is 6.03 Å². The number of nitrogens with zero attached hydrogens (tertiary/aromatic N) is 1. The van der Waals surface area contributed by atoms with Gasteiger partial charge in [-0.15, -0.1) is 0 Å². The van der Waals surface area contributed by atoms with Crippen molar-refractivity contribution < 1.29 is 9.59 Å². The van der Waals surface area contributed by atoms with Gasteiger partial charge in [0.15, 0.2) is 0 Å². The molecule has 1 saturated carbocycles. The van der Waals surface area contributed by atoms with Gasteiger partial charge in [0.2, 0.25) is 5.91 Å². The van der Waals surface area contributed by atoms with Gasteiger partial charge in [0.1, 0.15) is 0 Å². The van der Waals surface area contributed by atoms with E-state index in [9.17, 15) is 9.59 Å². The number of hydrogen-bond donors (Lipinski definition) is 3. The molecule has 1 aliphatic carbocycles. The Bertz CT molecular complexity index is 409. The number of nitrogens with one attached hydrogen (secondary N) is 3. The van der Waals surface area contributed by atoms with Gasteiger partial charge in [-0.05, 0) is 32.1 Å². The quantitative estimate of drug-likeness (QED) is 0.726. The van der Waals surface area contributed by atoms with Crippen molar-refractivity contribution in [3.05, 3.63) is 0 Å². The summed E-state index contributed by atoms with van der Waals surface area (Å²) in [6.07, 6.45) is 9.21. The van der Waals surface area contributed by atoms with E-state index >= 15 is 0 Å². The predicted molar refractivity (Wildman–Crippen MR) is 84.6 cm³/mol. The summed E-state index contributed by atoms with van der Waals surface area (Å²) < 4.78 is 0. The zero-order valence-electron chi connectivity index (χ0n) is 13.3. The van der Waals surface area contributed by atoms with Crippen molar-refractivity contribution in [1.82, 2.24) is 20.9 Å². The zero-order chi connectivity index (χ0) is 15.4. The van der Waals surface area contributed by atoms with Gasteiger partial charge < -0.3 is 10.6 Å². The van der Waals surface area contributed by atoms with Crippen LogP contribution in [0.25, 0.3) is 0 Å². The lowest BCUT2D eigenvalue weighted by molar-refractivity contribution is -0.121. The van der Waals surface area contributed by atoms with Crippen molar-refractivity contribution >= 4 is 11.9 Å². The Morgan fingerprint density at radius 3 is 2.59 bits per heavy atom. The lowest BCUT2D eigenvalue weighted by Crippen LogP contribution is -2.48. The lowest BCUT2D eigenvalue weighted by Gasteiger charge is -2.24. The summed E-state index contributed by atoms with van der Waals surface area (Å²) in [7, 11) is 0. The molecule has 3 fully saturated rings. The van der Waals surface area contributed by atoms with E-state index in [4.69, 9.17) is 0 Å². The first kappa shape index (κ1) is 15.7. The third-order valence-corrected chi connectivity index (χ3v) is 5.17. The number of imide groups is 1. The molecule has 2 bridgehead atoms. The Kier molecular flexibility index (Phi) is 5.31.